The molecular weight excluding hydrogens is 925 g/mol. The van der Waals surface area contributed by atoms with Gasteiger partial charge in [-0.3, -0.25) is 14.4 Å². The van der Waals surface area contributed by atoms with Crippen molar-refractivity contribution in [3.8, 4) is 0 Å². The van der Waals surface area contributed by atoms with Crippen LogP contribution in [0.2, 0.25) is 0 Å². The molecule has 0 bridgehead atoms. The lowest BCUT2D eigenvalue weighted by Gasteiger charge is -2.18. The van der Waals surface area contributed by atoms with Gasteiger partial charge >= 0.3 is 17.9 Å². The first-order valence-electron chi connectivity index (χ1n) is 34.5. The van der Waals surface area contributed by atoms with Crippen LogP contribution >= 0.6 is 0 Å². The van der Waals surface area contributed by atoms with E-state index in [1.165, 1.54) is 308 Å². The van der Waals surface area contributed by atoms with Gasteiger partial charge in [-0.05, 0) is 19.3 Å². The molecule has 0 aliphatic rings. The van der Waals surface area contributed by atoms with Crippen molar-refractivity contribution in [1.82, 2.24) is 0 Å². The van der Waals surface area contributed by atoms with Gasteiger partial charge in [-0.1, -0.05) is 367 Å². The van der Waals surface area contributed by atoms with Gasteiger partial charge < -0.3 is 14.2 Å². The highest BCUT2D eigenvalue weighted by Gasteiger charge is 2.19. The Bertz CT molecular complexity index is 1120. The van der Waals surface area contributed by atoms with E-state index in [2.05, 4.69) is 20.8 Å². The Balaban J connectivity index is 4.27. The second-order valence-corrected chi connectivity index (χ2v) is 23.8. The minimum absolute atomic E-state index is 0.0601. The number of hydrogen-bond donors (Lipinski definition) is 0. The molecule has 6 nitrogen and oxygen atoms in total. The fourth-order valence-electron chi connectivity index (χ4n) is 10.9. The number of hydrogen-bond acceptors (Lipinski definition) is 6. The van der Waals surface area contributed by atoms with Crippen LogP contribution in [0.15, 0.2) is 0 Å². The Morgan fingerprint density at radius 2 is 0.360 bits per heavy atom. The molecule has 0 amide bonds. The third-order valence-electron chi connectivity index (χ3n) is 16.1. The number of ether oxygens (including phenoxy) is 3. The highest BCUT2D eigenvalue weighted by molar-refractivity contribution is 5.71. The molecular formula is C69H134O6. The number of carbonyl (C=O) groups is 3. The third-order valence-corrected chi connectivity index (χ3v) is 16.1. The first-order chi connectivity index (χ1) is 37.0. The molecule has 446 valence electrons. The number of carbonyl (C=O) groups excluding carboxylic acids is 3. The van der Waals surface area contributed by atoms with Crippen molar-refractivity contribution in [3.05, 3.63) is 0 Å². The molecule has 1 atom stereocenters. The summed E-state index contributed by atoms with van der Waals surface area (Å²) in [4.78, 5) is 38.4. The predicted octanol–water partition coefficient (Wildman–Crippen LogP) is 23.5. The van der Waals surface area contributed by atoms with Gasteiger partial charge in [0, 0.05) is 19.3 Å². The van der Waals surface area contributed by atoms with Gasteiger partial charge in [0.2, 0.25) is 0 Å². The average Bonchev–Trinajstić information content (AvgIpc) is 3.41. The van der Waals surface area contributed by atoms with Crippen LogP contribution in [0.3, 0.4) is 0 Å². The van der Waals surface area contributed by atoms with Crippen molar-refractivity contribution in [1.29, 1.82) is 0 Å². The summed E-state index contributed by atoms with van der Waals surface area (Å²) in [5.74, 6) is -0.819. The standard InChI is InChI=1S/C69H134O6/c1-4-7-10-13-16-19-22-25-28-31-33-34-36-39-42-45-48-51-54-57-60-63-69(72)75-66(64-73-67(70)61-58-55-52-49-46-43-40-37-30-27-24-21-18-15-12-9-6-3)65-74-68(71)62-59-56-53-50-47-44-41-38-35-32-29-26-23-20-17-14-11-8-5-2/h66H,4-65H2,1-3H3. The van der Waals surface area contributed by atoms with Gasteiger partial charge in [0.05, 0.1) is 0 Å². The molecule has 0 aliphatic heterocycles. The second kappa shape index (κ2) is 64.9. The first kappa shape index (κ1) is 73.4. The van der Waals surface area contributed by atoms with Crippen molar-refractivity contribution in [2.45, 2.75) is 412 Å². The number of esters is 3. The van der Waals surface area contributed by atoms with E-state index in [0.29, 0.717) is 19.3 Å². The number of rotatable bonds is 65. The van der Waals surface area contributed by atoms with Gasteiger partial charge in [0.25, 0.3) is 0 Å². The smallest absolute Gasteiger partial charge is 0.306 e. The Kier molecular flexibility index (Phi) is 63.6. The maximum absolute atomic E-state index is 12.9. The fourth-order valence-corrected chi connectivity index (χ4v) is 10.9. The molecule has 0 aromatic rings. The summed E-state index contributed by atoms with van der Waals surface area (Å²) >= 11 is 0. The molecule has 0 saturated heterocycles. The topological polar surface area (TPSA) is 78.9 Å². The van der Waals surface area contributed by atoms with Crippen LogP contribution in [0.5, 0.6) is 0 Å². The van der Waals surface area contributed by atoms with Crippen molar-refractivity contribution in [3.63, 3.8) is 0 Å². The largest absolute Gasteiger partial charge is 0.462 e. The molecule has 0 radical (unpaired) electrons. The maximum atomic E-state index is 12.9. The predicted molar refractivity (Wildman–Crippen MR) is 326 cm³/mol. The quantitative estimate of drug-likeness (QED) is 0.0343. The van der Waals surface area contributed by atoms with E-state index in [1.807, 2.05) is 0 Å². The zero-order valence-electron chi connectivity index (χ0n) is 51.4. The molecule has 0 aromatic carbocycles. The summed E-state index contributed by atoms with van der Waals surface area (Å²) < 4.78 is 17.0. The summed E-state index contributed by atoms with van der Waals surface area (Å²) in [7, 11) is 0. The summed E-state index contributed by atoms with van der Waals surface area (Å²) in [5, 5.41) is 0. The lowest BCUT2D eigenvalue weighted by Crippen LogP contribution is -2.30. The Morgan fingerprint density at radius 1 is 0.213 bits per heavy atom. The normalized spacial score (nSPS) is 11.9. The highest BCUT2D eigenvalue weighted by atomic mass is 16.6. The molecule has 0 fully saturated rings. The van der Waals surface area contributed by atoms with Crippen molar-refractivity contribution < 1.29 is 28.6 Å². The molecule has 0 N–H and O–H groups in total. The Hall–Kier alpha value is -1.59. The van der Waals surface area contributed by atoms with Gasteiger partial charge in [-0.2, -0.15) is 0 Å². The monoisotopic (exact) mass is 1060 g/mol. The molecule has 1 unspecified atom stereocenters. The van der Waals surface area contributed by atoms with Gasteiger partial charge in [-0.15, -0.1) is 0 Å². The minimum Gasteiger partial charge on any atom is -0.462 e. The van der Waals surface area contributed by atoms with E-state index in [0.717, 1.165) is 57.8 Å². The SMILES string of the molecule is CCCCCCCCCCCCCCCCCCCCCCCC(=O)OC(COC(=O)CCCCCCCCCCCCCCCCCCC)COC(=O)CCCCCCCCCCCCCCCCCCCCC. The molecule has 0 saturated carbocycles. The fraction of sp³-hybridized carbons (Fsp3) is 0.957. The van der Waals surface area contributed by atoms with Crippen LogP contribution in [-0.2, 0) is 28.6 Å². The lowest BCUT2D eigenvalue weighted by molar-refractivity contribution is -0.167. The highest BCUT2D eigenvalue weighted by Crippen LogP contribution is 2.19. The van der Waals surface area contributed by atoms with Crippen LogP contribution in [0.25, 0.3) is 0 Å². The van der Waals surface area contributed by atoms with Crippen molar-refractivity contribution in [2.75, 3.05) is 13.2 Å². The molecule has 6 heteroatoms. The molecule has 0 aromatic heterocycles. The zero-order chi connectivity index (χ0) is 54.3. The molecule has 75 heavy (non-hydrogen) atoms. The second-order valence-electron chi connectivity index (χ2n) is 23.8. The summed E-state index contributed by atoms with van der Waals surface area (Å²) in [6, 6.07) is 0. The van der Waals surface area contributed by atoms with Crippen LogP contribution in [0.4, 0.5) is 0 Å². The van der Waals surface area contributed by atoms with E-state index in [4.69, 9.17) is 14.2 Å². The van der Waals surface area contributed by atoms with Crippen LogP contribution < -0.4 is 0 Å². The van der Waals surface area contributed by atoms with Gasteiger partial charge in [0.15, 0.2) is 6.10 Å². The van der Waals surface area contributed by atoms with Crippen molar-refractivity contribution >= 4 is 17.9 Å². The van der Waals surface area contributed by atoms with Crippen LogP contribution in [0, 0.1) is 0 Å². The van der Waals surface area contributed by atoms with E-state index in [-0.39, 0.29) is 31.1 Å². The zero-order valence-corrected chi connectivity index (χ0v) is 51.4. The number of unbranched alkanes of at least 4 members (excludes halogenated alkanes) is 54. The lowest BCUT2D eigenvalue weighted by atomic mass is 10.0. The van der Waals surface area contributed by atoms with E-state index < -0.39 is 6.10 Å². The summed E-state index contributed by atoms with van der Waals surface area (Å²) in [6.45, 7) is 6.75. The maximum Gasteiger partial charge on any atom is 0.306 e. The molecule has 0 heterocycles. The van der Waals surface area contributed by atoms with Gasteiger partial charge in [-0.25, -0.2) is 0 Å². The van der Waals surface area contributed by atoms with E-state index in [1.54, 1.807) is 0 Å². The molecule has 0 rings (SSSR count). The Morgan fingerprint density at radius 3 is 0.533 bits per heavy atom. The van der Waals surface area contributed by atoms with Crippen LogP contribution in [0.1, 0.15) is 406 Å². The Labute approximate surface area is 469 Å². The van der Waals surface area contributed by atoms with E-state index in [9.17, 15) is 14.4 Å². The van der Waals surface area contributed by atoms with Crippen molar-refractivity contribution in [2.24, 2.45) is 0 Å². The first-order valence-corrected chi connectivity index (χ1v) is 34.5. The average molecular weight is 1060 g/mol. The molecule has 0 spiro atoms. The third kappa shape index (κ3) is 63.1. The summed E-state index contributed by atoms with van der Waals surface area (Å²) in [5.41, 5.74) is 0. The van der Waals surface area contributed by atoms with E-state index >= 15 is 0 Å². The minimum atomic E-state index is -0.763. The van der Waals surface area contributed by atoms with Crippen LogP contribution in [-0.4, -0.2) is 37.2 Å². The summed E-state index contributed by atoms with van der Waals surface area (Å²) in [6.07, 6.45) is 75.5. The van der Waals surface area contributed by atoms with Gasteiger partial charge in [0.1, 0.15) is 13.2 Å². The molecule has 0 aliphatic carbocycles.